The van der Waals surface area contributed by atoms with Gasteiger partial charge in [0.1, 0.15) is 17.7 Å². The molecule has 0 saturated heterocycles. The van der Waals surface area contributed by atoms with Crippen LogP contribution in [0.25, 0.3) is 0 Å². The van der Waals surface area contributed by atoms with E-state index in [1.165, 1.54) is 0 Å². The summed E-state index contributed by atoms with van der Waals surface area (Å²) >= 11 is 0. The zero-order chi connectivity index (χ0) is 19.3. The number of carbonyl (C=O) groups is 3. The number of ketones is 3. The second-order valence-electron chi connectivity index (χ2n) is 10.5. The normalized spacial score (nSPS) is 50.0. The van der Waals surface area contributed by atoms with Crippen LogP contribution in [-0.4, -0.2) is 28.6 Å². The molecule has 142 valence electrons. The van der Waals surface area contributed by atoms with Crippen LogP contribution >= 0.6 is 0 Å². The summed E-state index contributed by atoms with van der Waals surface area (Å²) < 4.78 is 0. The maximum Gasteiger partial charge on any atom is 0.170 e. The van der Waals surface area contributed by atoms with Gasteiger partial charge in [0.2, 0.25) is 0 Å². The van der Waals surface area contributed by atoms with Gasteiger partial charge >= 0.3 is 0 Å². The Bertz CT molecular complexity index is 762. The maximum atomic E-state index is 13.5. The van der Waals surface area contributed by atoms with Crippen molar-refractivity contribution in [2.24, 2.45) is 33.5 Å². The molecular weight excluding hydrogens is 328 g/mol. The first-order chi connectivity index (χ1) is 11.9. The predicted molar refractivity (Wildman–Crippen MR) is 97.3 cm³/mol. The molecule has 3 saturated carbocycles. The molecular formula is C22H30O4. The van der Waals surface area contributed by atoms with Crippen LogP contribution in [0, 0.1) is 33.5 Å². The Balaban J connectivity index is 1.88. The average molecular weight is 358 g/mol. The molecule has 0 heterocycles. The average Bonchev–Trinajstić information content (AvgIpc) is 2.75. The Morgan fingerprint density at radius 1 is 1.00 bits per heavy atom. The Morgan fingerprint density at radius 2 is 1.65 bits per heavy atom. The number of Topliss-reactive ketones (excluding diaryl/α,β-unsaturated/α-hetero) is 3. The van der Waals surface area contributed by atoms with E-state index in [4.69, 9.17) is 0 Å². The highest BCUT2D eigenvalue weighted by Gasteiger charge is 2.69. The number of hydrogen-bond donors (Lipinski definition) is 1. The minimum absolute atomic E-state index is 0.0812. The Labute approximate surface area is 155 Å². The van der Waals surface area contributed by atoms with Crippen molar-refractivity contribution in [1.29, 1.82) is 0 Å². The van der Waals surface area contributed by atoms with Crippen LogP contribution in [0.3, 0.4) is 0 Å². The van der Waals surface area contributed by atoms with Gasteiger partial charge in [-0.3, -0.25) is 14.4 Å². The fraction of sp³-hybridized carbons (Fsp3) is 0.773. The van der Waals surface area contributed by atoms with Crippen LogP contribution in [0.2, 0.25) is 0 Å². The third-order valence-corrected chi connectivity index (χ3v) is 8.95. The molecule has 0 aromatic rings. The van der Waals surface area contributed by atoms with Crippen molar-refractivity contribution < 1.29 is 19.5 Å². The summed E-state index contributed by atoms with van der Waals surface area (Å²) in [6, 6.07) is 0. The van der Waals surface area contributed by atoms with Crippen LogP contribution in [0.15, 0.2) is 11.6 Å². The second-order valence-corrected chi connectivity index (χ2v) is 10.5. The predicted octanol–water partition coefficient (Wildman–Crippen LogP) is 3.26. The first-order valence-electron chi connectivity index (χ1n) is 9.86. The van der Waals surface area contributed by atoms with Crippen molar-refractivity contribution in [3.8, 4) is 0 Å². The van der Waals surface area contributed by atoms with Crippen molar-refractivity contribution in [3.63, 3.8) is 0 Å². The molecule has 3 fully saturated rings. The first kappa shape index (κ1) is 18.1. The van der Waals surface area contributed by atoms with E-state index < -0.39 is 16.9 Å². The quantitative estimate of drug-likeness (QED) is 0.675. The number of carbonyl (C=O) groups excluding carboxylic acids is 3. The van der Waals surface area contributed by atoms with Gasteiger partial charge in [-0.05, 0) is 49.4 Å². The third-order valence-electron chi connectivity index (χ3n) is 8.95. The minimum atomic E-state index is -1.01. The van der Waals surface area contributed by atoms with E-state index in [1.807, 2.05) is 20.8 Å². The fourth-order valence-electron chi connectivity index (χ4n) is 7.14. The van der Waals surface area contributed by atoms with E-state index >= 15 is 0 Å². The molecule has 2 unspecified atom stereocenters. The summed E-state index contributed by atoms with van der Waals surface area (Å²) in [4.78, 5) is 38.4. The van der Waals surface area contributed by atoms with Gasteiger partial charge in [-0.15, -0.1) is 0 Å². The molecule has 0 radical (unpaired) electrons. The van der Waals surface area contributed by atoms with Gasteiger partial charge in [-0.2, -0.15) is 0 Å². The number of hydrogen-bond acceptors (Lipinski definition) is 4. The van der Waals surface area contributed by atoms with Gasteiger partial charge in [0.25, 0.3) is 0 Å². The molecule has 0 aromatic heterocycles. The molecule has 26 heavy (non-hydrogen) atoms. The standard InChI is InChI=1S/C22H30O4/c1-19(2)13-6-7-16-21(4)10-12(23)9-20(21,3)11-17(25)22(16,5)14(13)8-15(24)18(19)26/h6,14-16,24H,7-11H2,1-5H3/t14?,15-,16?,20-,21-,22-/m0/s1. The second kappa shape index (κ2) is 4.95. The topological polar surface area (TPSA) is 71.4 Å². The number of fused-ring (bicyclic) bond motifs is 5. The highest BCUT2D eigenvalue weighted by Crippen LogP contribution is 2.70. The molecule has 4 aliphatic rings. The molecule has 0 aromatic carbocycles. The van der Waals surface area contributed by atoms with Crippen molar-refractivity contribution in [3.05, 3.63) is 11.6 Å². The van der Waals surface area contributed by atoms with Crippen LogP contribution in [-0.2, 0) is 14.4 Å². The highest BCUT2D eigenvalue weighted by molar-refractivity contribution is 5.95. The van der Waals surface area contributed by atoms with E-state index in [0.717, 1.165) is 12.0 Å². The lowest BCUT2D eigenvalue weighted by molar-refractivity contribution is -0.168. The minimum Gasteiger partial charge on any atom is -0.385 e. The SMILES string of the molecule is CC1(C)C(=O)[C@@H](O)CC2C1=CCC1[C@@]2(C)C(=O)C[C@]2(C)CC(=O)C[C@@]12C. The van der Waals surface area contributed by atoms with Crippen LogP contribution < -0.4 is 0 Å². The molecule has 4 aliphatic carbocycles. The number of aliphatic hydroxyl groups excluding tert-OH is 1. The van der Waals surface area contributed by atoms with Gasteiger partial charge < -0.3 is 5.11 Å². The molecule has 0 amide bonds. The summed E-state index contributed by atoms with van der Waals surface area (Å²) in [7, 11) is 0. The Hall–Kier alpha value is -1.29. The lowest BCUT2D eigenvalue weighted by Gasteiger charge is -2.63. The summed E-state index contributed by atoms with van der Waals surface area (Å²) in [6.45, 7) is 10.1. The van der Waals surface area contributed by atoms with Gasteiger partial charge in [0.05, 0.1) is 0 Å². The monoisotopic (exact) mass is 358 g/mol. The molecule has 0 aliphatic heterocycles. The van der Waals surface area contributed by atoms with Crippen LogP contribution in [0.5, 0.6) is 0 Å². The molecule has 4 heteroatoms. The van der Waals surface area contributed by atoms with Crippen molar-refractivity contribution >= 4 is 17.3 Å². The summed E-state index contributed by atoms with van der Waals surface area (Å²) in [6.07, 6.45) is 3.67. The molecule has 6 atom stereocenters. The third kappa shape index (κ3) is 1.87. The van der Waals surface area contributed by atoms with Gasteiger partial charge in [-0.1, -0.05) is 32.4 Å². The lowest BCUT2D eigenvalue weighted by Crippen LogP contribution is -2.63. The van der Waals surface area contributed by atoms with Gasteiger partial charge in [0.15, 0.2) is 5.78 Å². The zero-order valence-electron chi connectivity index (χ0n) is 16.5. The number of rotatable bonds is 0. The lowest BCUT2D eigenvalue weighted by atomic mass is 9.39. The highest BCUT2D eigenvalue weighted by atomic mass is 16.3. The Kier molecular flexibility index (Phi) is 3.44. The van der Waals surface area contributed by atoms with E-state index in [9.17, 15) is 19.5 Å². The van der Waals surface area contributed by atoms with Crippen LogP contribution in [0.1, 0.15) is 66.7 Å². The van der Waals surface area contributed by atoms with E-state index in [0.29, 0.717) is 25.7 Å². The summed E-state index contributed by atoms with van der Waals surface area (Å²) in [5.74, 6) is 0.301. The van der Waals surface area contributed by atoms with Crippen molar-refractivity contribution in [2.45, 2.75) is 72.8 Å². The van der Waals surface area contributed by atoms with E-state index in [-0.39, 0.29) is 40.0 Å². The number of aliphatic hydroxyl groups is 1. The summed E-state index contributed by atoms with van der Waals surface area (Å²) in [5.41, 5.74) is -0.789. The zero-order valence-corrected chi connectivity index (χ0v) is 16.5. The largest absolute Gasteiger partial charge is 0.385 e. The molecule has 4 rings (SSSR count). The smallest absolute Gasteiger partial charge is 0.170 e. The molecule has 0 spiro atoms. The van der Waals surface area contributed by atoms with Gasteiger partial charge in [-0.25, -0.2) is 0 Å². The number of allylic oxidation sites excluding steroid dienone is 2. The van der Waals surface area contributed by atoms with Crippen molar-refractivity contribution in [1.82, 2.24) is 0 Å². The first-order valence-corrected chi connectivity index (χ1v) is 9.86. The fourth-order valence-corrected chi connectivity index (χ4v) is 7.14. The maximum absolute atomic E-state index is 13.5. The van der Waals surface area contributed by atoms with E-state index in [2.05, 4.69) is 19.9 Å². The Morgan fingerprint density at radius 3 is 2.31 bits per heavy atom. The van der Waals surface area contributed by atoms with Crippen LogP contribution in [0.4, 0.5) is 0 Å². The van der Waals surface area contributed by atoms with Gasteiger partial charge in [0, 0.05) is 30.1 Å². The molecule has 0 bridgehead atoms. The molecule has 4 nitrogen and oxygen atoms in total. The molecule has 1 N–H and O–H groups in total. The summed E-state index contributed by atoms with van der Waals surface area (Å²) in [5, 5.41) is 10.4. The van der Waals surface area contributed by atoms with E-state index in [1.54, 1.807) is 0 Å². The van der Waals surface area contributed by atoms with Crippen molar-refractivity contribution in [2.75, 3.05) is 0 Å².